The zero-order valence-electron chi connectivity index (χ0n) is 12.0. The van der Waals surface area contributed by atoms with Crippen molar-refractivity contribution in [1.29, 1.82) is 0 Å². The summed E-state index contributed by atoms with van der Waals surface area (Å²) in [5.41, 5.74) is 5.37. The van der Waals surface area contributed by atoms with Crippen molar-refractivity contribution in [1.82, 2.24) is 15.5 Å². The summed E-state index contributed by atoms with van der Waals surface area (Å²) in [6.45, 7) is 9.49. The van der Waals surface area contributed by atoms with Gasteiger partial charge >= 0.3 is 0 Å². The third-order valence-corrected chi connectivity index (χ3v) is 3.55. The highest BCUT2D eigenvalue weighted by atomic mass is 16.5. The van der Waals surface area contributed by atoms with Gasteiger partial charge in [0, 0.05) is 19.0 Å². The van der Waals surface area contributed by atoms with Gasteiger partial charge in [-0.3, -0.25) is 0 Å². The van der Waals surface area contributed by atoms with Crippen molar-refractivity contribution in [2.75, 3.05) is 6.54 Å². The van der Waals surface area contributed by atoms with E-state index in [1.54, 1.807) is 0 Å². The minimum atomic E-state index is 0.322. The summed E-state index contributed by atoms with van der Waals surface area (Å²) >= 11 is 0. The number of benzene rings is 1. The standard InChI is InChI=1S/C15H21N3O/c1-10-7-12(3)14(8-11(10)2)13(4)16-6-5-15-17-9-18-19-15/h7-9,13,16H,5-6H2,1-4H3. The van der Waals surface area contributed by atoms with E-state index in [0.717, 1.165) is 13.0 Å². The quantitative estimate of drug-likeness (QED) is 0.897. The Balaban J connectivity index is 1.96. The molecule has 0 amide bonds. The van der Waals surface area contributed by atoms with Crippen LogP contribution < -0.4 is 5.32 Å². The molecule has 0 aliphatic carbocycles. The van der Waals surface area contributed by atoms with Crippen molar-refractivity contribution in [2.45, 2.75) is 40.2 Å². The maximum Gasteiger partial charge on any atom is 0.227 e. The SMILES string of the molecule is Cc1cc(C)c(C(C)NCCc2ncno2)cc1C. The molecule has 1 heterocycles. The van der Waals surface area contributed by atoms with Crippen LogP contribution in [0.1, 0.15) is 41.1 Å². The van der Waals surface area contributed by atoms with Gasteiger partial charge in [0.2, 0.25) is 5.89 Å². The molecule has 4 heteroatoms. The summed E-state index contributed by atoms with van der Waals surface area (Å²) in [6, 6.07) is 4.85. The van der Waals surface area contributed by atoms with E-state index in [-0.39, 0.29) is 0 Å². The zero-order chi connectivity index (χ0) is 13.8. The monoisotopic (exact) mass is 259 g/mol. The van der Waals surface area contributed by atoms with Gasteiger partial charge in [-0.1, -0.05) is 17.3 Å². The smallest absolute Gasteiger partial charge is 0.227 e. The minimum absolute atomic E-state index is 0.322. The van der Waals surface area contributed by atoms with E-state index in [0.29, 0.717) is 11.9 Å². The van der Waals surface area contributed by atoms with Gasteiger partial charge in [-0.2, -0.15) is 4.98 Å². The highest BCUT2D eigenvalue weighted by Crippen LogP contribution is 2.21. The van der Waals surface area contributed by atoms with Crippen LogP contribution in [0.2, 0.25) is 0 Å². The minimum Gasteiger partial charge on any atom is -0.340 e. The van der Waals surface area contributed by atoms with Gasteiger partial charge in [-0.25, -0.2) is 0 Å². The van der Waals surface area contributed by atoms with Crippen molar-refractivity contribution in [3.8, 4) is 0 Å². The highest BCUT2D eigenvalue weighted by molar-refractivity contribution is 5.37. The van der Waals surface area contributed by atoms with E-state index in [1.807, 2.05) is 0 Å². The van der Waals surface area contributed by atoms with Gasteiger partial charge in [0.15, 0.2) is 6.33 Å². The first kappa shape index (κ1) is 13.7. The van der Waals surface area contributed by atoms with Crippen LogP contribution in [0.4, 0.5) is 0 Å². The van der Waals surface area contributed by atoms with Crippen LogP contribution >= 0.6 is 0 Å². The summed E-state index contributed by atoms with van der Waals surface area (Å²) in [5, 5.41) is 7.10. The topological polar surface area (TPSA) is 51.0 Å². The molecule has 0 aliphatic heterocycles. The predicted octanol–water partition coefficient (Wildman–Crippen LogP) is 2.89. The lowest BCUT2D eigenvalue weighted by atomic mass is 9.96. The van der Waals surface area contributed by atoms with Crippen LogP contribution in [-0.2, 0) is 6.42 Å². The molecule has 0 aliphatic rings. The summed E-state index contributed by atoms with van der Waals surface area (Å²) in [7, 11) is 0. The highest BCUT2D eigenvalue weighted by Gasteiger charge is 2.10. The normalized spacial score (nSPS) is 12.6. The lowest BCUT2D eigenvalue weighted by molar-refractivity contribution is 0.372. The molecule has 2 aromatic rings. The molecule has 1 unspecified atom stereocenters. The van der Waals surface area contributed by atoms with Gasteiger partial charge in [-0.05, 0) is 49.9 Å². The molecule has 0 bridgehead atoms. The second-order valence-corrected chi connectivity index (χ2v) is 5.05. The average Bonchev–Trinajstić information content (AvgIpc) is 2.86. The lowest BCUT2D eigenvalue weighted by Crippen LogP contribution is -2.22. The Labute approximate surface area is 114 Å². The number of nitrogens with zero attached hydrogens (tertiary/aromatic N) is 2. The molecule has 1 atom stereocenters. The summed E-state index contributed by atoms with van der Waals surface area (Å²) in [5.74, 6) is 0.677. The fourth-order valence-electron chi connectivity index (χ4n) is 2.26. The van der Waals surface area contributed by atoms with Crippen LogP contribution in [0.3, 0.4) is 0 Å². The maximum absolute atomic E-state index is 4.98. The first-order valence-corrected chi connectivity index (χ1v) is 6.64. The molecule has 2 rings (SSSR count). The fraction of sp³-hybridized carbons (Fsp3) is 0.467. The number of rotatable bonds is 5. The molecule has 19 heavy (non-hydrogen) atoms. The molecule has 1 aromatic heterocycles. The Kier molecular flexibility index (Phi) is 4.32. The average molecular weight is 259 g/mol. The molecule has 1 aromatic carbocycles. The van der Waals surface area contributed by atoms with Gasteiger partial charge in [0.25, 0.3) is 0 Å². The van der Waals surface area contributed by atoms with Gasteiger partial charge in [-0.15, -0.1) is 0 Å². The van der Waals surface area contributed by atoms with Crippen molar-refractivity contribution < 1.29 is 4.52 Å². The second kappa shape index (κ2) is 5.97. The van der Waals surface area contributed by atoms with Crippen LogP contribution in [0.25, 0.3) is 0 Å². The van der Waals surface area contributed by atoms with E-state index in [4.69, 9.17) is 4.52 Å². The van der Waals surface area contributed by atoms with E-state index < -0.39 is 0 Å². The Morgan fingerprint density at radius 1 is 1.16 bits per heavy atom. The van der Waals surface area contributed by atoms with Crippen molar-refractivity contribution in [2.24, 2.45) is 0 Å². The molecule has 102 valence electrons. The number of hydrogen-bond acceptors (Lipinski definition) is 4. The molecular formula is C15H21N3O. The van der Waals surface area contributed by atoms with Crippen molar-refractivity contribution >= 4 is 0 Å². The number of aromatic nitrogens is 2. The number of aryl methyl sites for hydroxylation is 3. The Morgan fingerprint density at radius 3 is 2.58 bits per heavy atom. The second-order valence-electron chi connectivity index (χ2n) is 5.05. The van der Waals surface area contributed by atoms with Crippen molar-refractivity contribution in [3.63, 3.8) is 0 Å². The Hall–Kier alpha value is -1.68. The fourth-order valence-corrected chi connectivity index (χ4v) is 2.26. The van der Waals surface area contributed by atoms with Gasteiger partial charge < -0.3 is 9.84 Å². The predicted molar refractivity (Wildman–Crippen MR) is 75.1 cm³/mol. The summed E-state index contributed by atoms with van der Waals surface area (Å²) in [4.78, 5) is 4.01. The maximum atomic E-state index is 4.98. The Bertz CT molecular complexity index is 535. The third-order valence-electron chi connectivity index (χ3n) is 3.55. The largest absolute Gasteiger partial charge is 0.340 e. The summed E-state index contributed by atoms with van der Waals surface area (Å²) < 4.78 is 4.98. The van der Waals surface area contributed by atoms with Crippen LogP contribution in [0.5, 0.6) is 0 Å². The van der Waals surface area contributed by atoms with Gasteiger partial charge in [0.05, 0.1) is 0 Å². The van der Waals surface area contributed by atoms with E-state index >= 15 is 0 Å². The van der Waals surface area contributed by atoms with Crippen LogP contribution in [0, 0.1) is 20.8 Å². The lowest BCUT2D eigenvalue weighted by Gasteiger charge is -2.18. The van der Waals surface area contributed by atoms with Crippen molar-refractivity contribution in [3.05, 3.63) is 46.6 Å². The number of hydrogen-bond donors (Lipinski definition) is 1. The van der Waals surface area contributed by atoms with E-state index in [9.17, 15) is 0 Å². The third kappa shape index (κ3) is 3.41. The molecule has 4 nitrogen and oxygen atoms in total. The molecule has 0 fully saturated rings. The first-order chi connectivity index (χ1) is 9.08. The zero-order valence-corrected chi connectivity index (χ0v) is 12.0. The van der Waals surface area contributed by atoms with Gasteiger partial charge in [0.1, 0.15) is 0 Å². The summed E-state index contributed by atoms with van der Waals surface area (Å²) in [6.07, 6.45) is 2.19. The molecule has 1 N–H and O–H groups in total. The molecular weight excluding hydrogens is 238 g/mol. The molecule has 0 spiro atoms. The molecule has 0 saturated carbocycles. The molecule has 0 saturated heterocycles. The number of nitrogens with one attached hydrogen (secondary N) is 1. The van der Waals surface area contributed by atoms with Crippen LogP contribution in [0.15, 0.2) is 23.0 Å². The van der Waals surface area contributed by atoms with E-state index in [2.05, 4.69) is 55.3 Å². The first-order valence-electron chi connectivity index (χ1n) is 6.64. The Morgan fingerprint density at radius 2 is 1.89 bits per heavy atom. The van der Waals surface area contributed by atoms with E-state index in [1.165, 1.54) is 28.6 Å². The molecule has 0 radical (unpaired) electrons. The van der Waals surface area contributed by atoms with Crippen LogP contribution in [-0.4, -0.2) is 16.7 Å².